The molecule has 1 heteroatoms. The summed E-state index contributed by atoms with van der Waals surface area (Å²) in [5.74, 6) is 0.733. The summed E-state index contributed by atoms with van der Waals surface area (Å²) in [6.45, 7) is 8.81. The summed E-state index contributed by atoms with van der Waals surface area (Å²) in [6.07, 6.45) is 3.40. The van der Waals surface area contributed by atoms with E-state index in [0.29, 0.717) is 6.04 Å². The molecule has 0 rings (SSSR count). The van der Waals surface area contributed by atoms with Gasteiger partial charge in [-0.05, 0) is 40.2 Å². The lowest BCUT2D eigenvalue weighted by Gasteiger charge is -2.19. The summed E-state index contributed by atoms with van der Waals surface area (Å²) in [4.78, 5) is 0. The molecule has 1 N–H and O–H groups in total. The zero-order valence-corrected chi connectivity index (χ0v) is 8.44. The van der Waals surface area contributed by atoms with Gasteiger partial charge in [0.05, 0.1) is 0 Å². The highest BCUT2D eigenvalue weighted by atomic mass is 14.9. The van der Waals surface area contributed by atoms with Gasteiger partial charge in [-0.15, -0.1) is 0 Å². The standard InChI is InChI=1S/C10H21N/c1-6-8(2)7-9(3)10(4)11-5/h6,9-11H,7H2,1-5H3. The molecule has 1 nitrogen and oxygen atoms in total. The molecule has 2 atom stereocenters. The fourth-order valence-corrected chi connectivity index (χ4v) is 1.09. The van der Waals surface area contributed by atoms with Crippen molar-refractivity contribution in [1.29, 1.82) is 0 Å². The van der Waals surface area contributed by atoms with E-state index in [9.17, 15) is 0 Å². The van der Waals surface area contributed by atoms with Crippen LogP contribution in [0.25, 0.3) is 0 Å². The number of hydrogen-bond acceptors (Lipinski definition) is 1. The highest BCUT2D eigenvalue weighted by Crippen LogP contribution is 2.13. The van der Waals surface area contributed by atoms with E-state index in [1.165, 1.54) is 12.0 Å². The highest BCUT2D eigenvalue weighted by molar-refractivity contribution is 4.97. The molecule has 11 heavy (non-hydrogen) atoms. The summed E-state index contributed by atoms with van der Waals surface area (Å²) in [7, 11) is 2.02. The first-order valence-corrected chi connectivity index (χ1v) is 4.40. The lowest BCUT2D eigenvalue weighted by molar-refractivity contribution is 0.422. The van der Waals surface area contributed by atoms with Crippen LogP contribution in [0.2, 0.25) is 0 Å². The maximum Gasteiger partial charge on any atom is 0.00644 e. The molecule has 0 aromatic rings. The van der Waals surface area contributed by atoms with Crippen molar-refractivity contribution < 1.29 is 0 Å². The minimum atomic E-state index is 0.616. The van der Waals surface area contributed by atoms with Crippen LogP contribution in [-0.2, 0) is 0 Å². The van der Waals surface area contributed by atoms with E-state index < -0.39 is 0 Å². The second kappa shape index (κ2) is 5.36. The van der Waals surface area contributed by atoms with Gasteiger partial charge in [0.1, 0.15) is 0 Å². The van der Waals surface area contributed by atoms with Crippen molar-refractivity contribution in [2.24, 2.45) is 5.92 Å². The van der Waals surface area contributed by atoms with Crippen LogP contribution >= 0.6 is 0 Å². The van der Waals surface area contributed by atoms with E-state index in [2.05, 4.69) is 39.1 Å². The van der Waals surface area contributed by atoms with Crippen LogP contribution in [0.4, 0.5) is 0 Å². The maximum atomic E-state index is 3.27. The zero-order valence-electron chi connectivity index (χ0n) is 8.44. The summed E-state index contributed by atoms with van der Waals surface area (Å²) in [5, 5.41) is 3.27. The van der Waals surface area contributed by atoms with E-state index in [1.807, 2.05) is 7.05 Å². The Balaban J connectivity index is 3.76. The average molecular weight is 155 g/mol. The molecule has 0 aliphatic heterocycles. The Morgan fingerprint density at radius 2 is 2.00 bits per heavy atom. The smallest absolute Gasteiger partial charge is 0.00644 e. The van der Waals surface area contributed by atoms with E-state index in [0.717, 1.165) is 5.92 Å². The predicted octanol–water partition coefficient (Wildman–Crippen LogP) is 2.59. The number of allylic oxidation sites excluding steroid dienone is 2. The fraction of sp³-hybridized carbons (Fsp3) is 0.800. The normalized spacial score (nSPS) is 18.1. The van der Waals surface area contributed by atoms with Crippen LogP contribution in [0.5, 0.6) is 0 Å². The van der Waals surface area contributed by atoms with Gasteiger partial charge in [0.15, 0.2) is 0 Å². The third kappa shape index (κ3) is 4.20. The molecule has 0 fully saturated rings. The van der Waals surface area contributed by atoms with Crippen molar-refractivity contribution in [2.75, 3.05) is 7.05 Å². The second-order valence-electron chi connectivity index (χ2n) is 3.39. The van der Waals surface area contributed by atoms with E-state index >= 15 is 0 Å². The fourth-order valence-electron chi connectivity index (χ4n) is 1.09. The molecule has 0 saturated heterocycles. The topological polar surface area (TPSA) is 12.0 Å². The predicted molar refractivity (Wildman–Crippen MR) is 51.7 cm³/mol. The Labute approximate surface area is 70.9 Å². The molecule has 0 bridgehead atoms. The van der Waals surface area contributed by atoms with Crippen molar-refractivity contribution in [1.82, 2.24) is 5.32 Å². The van der Waals surface area contributed by atoms with Gasteiger partial charge in [0, 0.05) is 6.04 Å². The van der Waals surface area contributed by atoms with Crippen LogP contribution in [0.1, 0.15) is 34.1 Å². The summed E-state index contributed by atoms with van der Waals surface area (Å²) in [5.41, 5.74) is 1.49. The molecule has 0 spiro atoms. The molecular formula is C10H21N. The van der Waals surface area contributed by atoms with Gasteiger partial charge in [-0.2, -0.15) is 0 Å². The summed E-state index contributed by atoms with van der Waals surface area (Å²) in [6, 6.07) is 0.616. The Hall–Kier alpha value is -0.300. The Kier molecular flexibility index (Phi) is 5.22. The third-order valence-corrected chi connectivity index (χ3v) is 2.45. The zero-order chi connectivity index (χ0) is 8.85. The van der Waals surface area contributed by atoms with Crippen LogP contribution in [0.3, 0.4) is 0 Å². The first-order chi connectivity index (χ1) is 5.11. The van der Waals surface area contributed by atoms with Crippen molar-refractivity contribution in [3.8, 4) is 0 Å². The third-order valence-electron chi connectivity index (χ3n) is 2.45. The van der Waals surface area contributed by atoms with E-state index in [4.69, 9.17) is 0 Å². The van der Waals surface area contributed by atoms with Crippen LogP contribution in [0.15, 0.2) is 11.6 Å². The number of rotatable bonds is 4. The van der Waals surface area contributed by atoms with Gasteiger partial charge in [-0.25, -0.2) is 0 Å². The largest absolute Gasteiger partial charge is 0.317 e. The second-order valence-corrected chi connectivity index (χ2v) is 3.39. The number of hydrogen-bond donors (Lipinski definition) is 1. The number of nitrogens with one attached hydrogen (secondary N) is 1. The van der Waals surface area contributed by atoms with Gasteiger partial charge < -0.3 is 5.32 Å². The summed E-state index contributed by atoms with van der Waals surface area (Å²) < 4.78 is 0. The first kappa shape index (κ1) is 10.7. The molecule has 0 aromatic carbocycles. The minimum Gasteiger partial charge on any atom is -0.317 e. The first-order valence-electron chi connectivity index (χ1n) is 4.40. The molecule has 0 radical (unpaired) electrons. The van der Waals surface area contributed by atoms with Crippen LogP contribution in [0, 0.1) is 5.92 Å². The van der Waals surface area contributed by atoms with Crippen molar-refractivity contribution in [3.63, 3.8) is 0 Å². The molecule has 0 saturated carbocycles. The van der Waals surface area contributed by atoms with E-state index in [-0.39, 0.29) is 0 Å². The van der Waals surface area contributed by atoms with Crippen molar-refractivity contribution in [3.05, 3.63) is 11.6 Å². The van der Waals surface area contributed by atoms with Crippen LogP contribution in [-0.4, -0.2) is 13.1 Å². The minimum absolute atomic E-state index is 0.616. The molecule has 66 valence electrons. The molecule has 0 aliphatic carbocycles. The molecule has 2 unspecified atom stereocenters. The molecule has 0 aromatic heterocycles. The van der Waals surface area contributed by atoms with Gasteiger partial charge in [-0.3, -0.25) is 0 Å². The van der Waals surface area contributed by atoms with Gasteiger partial charge >= 0.3 is 0 Å². The Morgan fingerprint density at radius 3 is 2.36 bits per heavy atom. The molecule has 0 amide bonds. The Morgan fingerprint density at radius 1 is 1.45 bits per heavy atom. The maximum absolute atomic E-state index is 3.27. The SMILES string of the molecule is CC=C(C)CC(C)C(C)NC. The quantitative estimate of drug-likeness (QED) is 0.615. The summed E-state index contributed by atoms with van der Waals surface area (Å²) >= 11 is 0. The van der Waals surface area contributed by atoms with Gasteiger partial charge in [0.25, 0.3) is 0 Å². The van der Waals surface area contributed by atoms with Crippen LogP contribution < -0.4 is 5.32 Å². The average Bonchev–Trinajstić information content (AvgIpc) is 2.02. The van der Waals surface area contributed by atoms with E-state index in [1.54, 1.807) is 0 Å². The molecule has 0 heterocycles. The highest BCUT2D eigenvalue weighted by Gasteiger charge is 2.09. The molecular weight excluding hydrogens is 134 g/mol. The Bertz CT molecular complexity index is 127. The van der Waals surface area contributed by atoms with Crippen molar-refractivity contribution in [2.45, 2.75) is 40.2 Å². The van der Waals surface area contributed by atoms with Gasteiger partial charge in [0.2, 0.25) is 0 Å². The lowest BCUT2D eigenvalue weighted by Crippen LogP contribution is -2.28. The van der Waals surface area contributed by atoms with Crippen molar-refractivity contribution >= 4 is 0 Å². The lowest BCUT2D eigenvalue weighted by atomic mass is 9.96. The molecule has 0 aliphatic rings. The van der Waals surface area contributed by atoms with Gasteiger partial charge in [-0.1, -0.05) is 18.6 Å². The monoisotopic (exact) mass is 155 g/mol.